The fraction of sp³-hybridized carbons (Fsp3) is 0.579. The third kappa shape index (κ3) is 4.43. The van der Waals surface area contributed by atoms with Gasteiger partial charge < -0.3 is 19.1 Å². The Labute approximate surface area is 163 Å². The van der Waals surface area contributed by atoms with E-state index in [2.05, 4.69) is 0 Å². The van der Waals surface area contributed by atoms with Crippen molar-refractivity contribution in [2.75, 3.05) is 39.7 Å². The Balaban J connectivity index is 1.49. The molecule has 2 fully saturated rings. The summed E-state index contributed by atoms with van der Waals surface area (Å²) in [7, 11) is 3.19. The standard InChI is InChI=1S/C19H26N2O5S/c1-13-11-26-19(23)21(13)14-6-8-20(9-7-14)18(22)12-27-15-4-5-16(24-2)17(10-15)25-3/h4-5,10,13-14H,6-9,11-12H2,1-3H3. The SMILES string of the molecule is COc1ccc(SCC(=O)N2CCC(N3C(=O)OCC3C)CC2)cc1OC. The number of cyclic esters (lactones) is 1. The highest BCUT2D eigenvalue weighted by Crippen LogP contribution is 2.32. The molecule has 0 bridgehead atoms. The summed E-state index contributed by atoms with van der Waals surface area (Å²) >= 11 is 1.49. The maximum absolute atomic E-state index is 12.5. The number of likely N-dealkylation sites (tertiary alicyclic amines) is 1. The van der Waals surface area contributed by atoms with Crippen molar-refractivity contribution in [1.29, 1.82) is 0 Å². The highest BCUT2D eigenvalue weighted by molar-refractivity contribution is 8.00. The van der Waals surface area contributed by atoms with Crippen LogP contribution in [0.2, 0.25) is 0 Å². The highest BCUT2D eigenvalue weighted by atomic mass is 32.2. The van der Waals surface area contributed by atoms with Gasteiger partial charge in [0.15, 0.2) is 11.5 Å². The van der Waals surface area contributed by atoms with Gasteiger partial charge in [0.05, 0.1) is 26.0 Å². The number of ether oxygens (including phenoxy) is 3. The van der Waals surface area contributed by atoms with E-state index in [0.717, 1.165) is 17.7 Å². The third-order valence-electron chi connectivity index (χ3n) is 5.06. The van der Waals surface area contributed by atoms with Crippen molar-refractivity contribution in [3.63, 3.8) is 0 Å². The van der Waals surface area contributed by atoms with Gasteiger partial charge in [0.1, 0.15) is 6.61 Å². The van der Waals surface area contributed by atoms with Crippen molar-refractivity contribution in [3.8, 4) is 11.5 Å². The topological polar surface area (TPSA) is 68.3 Å². The molecule has 0 aliphatic carbocycles. The number of rotatable bonds is 6. The Hall–Kier alpha value is -2.09. The van der Waals surface area contributed by atoms with Gasteiger partial charge in [0.2, 0.25) is 5.91 Å². The number of methoxy groups -OCH3 is 2. The molecule has 2 aliphatic heterocycles. The van der Waals surface area contributed by atoms with Gasteiger partial charge in [0.25, 0.3) is 0 Å². The van der Waals surface area contributed by atoms with E-state index in [1.165, 1.54) is 11.8 Å². The quantitative estimate of drug-likeness (QED) is 0.691. The average molecular weight is 394 g/mol. The monoisotopic (exact) mass is 394 g/mol. The van der Waals surface area contributed by atoms with Crippen molar-refractivity contribution in [3.05, 3.63) is 18.2 Å². The number of carbonyl (C=O) groups excluding carboxylic acids is 2. The highest BCUT2D eigenvalue weighted by Gasteiger charge is 2.37. The summed E-state index contributed by atoms with van der Waals surface area (Å²) in [6.45, 7) is 3.81. The summed E-state index contributed by atoms with van der Waals surface area (Å²) in [5.74, 6) is 1.82. The Kier molecular flexibility index (Phi) is 6.36. The summed E-state index contributed by atoms with van der Waals surface area (Å²) in [5.41, 5.74) is 0. The van der Waals surface area contributed by atoms with Gasteiger partial charge in [-0.2, -0.15) is 0 Å². The molecule has 1 aromatic rings. The van der Waals surface area contributed by atoms with E-state index in [1.807, 2.05) is 34.9 Å². The minimum atomic E-state index is -0.226. The average Bonchev–Trinajstić information content (AvgIpc) is 3.04. The first-order chi connectivity index (χ1) is 13.0. The molecule has 1 aromatic carbocycles. The van der Waals surface area contributed by atoms with Gasteiger partial charge in [0, 0.05) is 24.0 Å². The van der Waals surface area contributed by atoms with Crippen LogP contribution in [0.25, 0.3) is 0 Å². The molecule has 2 amide bonds. The lowest BCUT2D eigenvalue weighted by Gasteiger charge is -2.37. The molecule has 2 aliphatic rings. The lowest BCUT2D eigenvalue weighted by molar-refractivity contribution is -0.129. The van der Waals surface area contributed by atoms with Gasteiger partial charge in [-0.05, 0) is 38.0 Å². The van der Waals surface area contributed by atoms with Crippen molar-refractivity contribution in [2.45, 2.75) is 36.7 Å². The predicted octanol–water partition coefficient (Wildman–Crippen LogP) is 2.63. The Morgan fingerprint density at radius 1 is 1.22 bits per heavy atom. The second-order valence-corrected chi connectivity index (χ2v) is 7.80. The summed E-state index contributed by atoms with van der Waals surface area (Å²) in [6.07, 6.45) is 1.37. The zero-order valence-corrected chi connectivity index (χ0v) is 16.8. The number of piperidine rings is 1. The van der Waals surface area contributed by atoms with E-state index in [1.54, 1.807) is 14.2 Å². The van der Waals surface area contributed by atoms with E-state index in [0.29, 0.717) is 36.9 Å². The van der Waals surface area contributed by atoms with Crippen LogP contribution in [-0.4, -0.2) is 73.6 Å². The second-order valence-electron chi connectivity index (χ2n) is 6.75. The molecule has 148 valence electrons. The molecule has 27 heavy (non-hydrogen) atoms. The third-order valence-corrected chi connectivity index (χ3v) is 6.04. The molecule has 0 aromatic heterocycles. The minimum Gasteiger partial charge on any atom is -0.493 e. The number of hydrogen-bond acceptors (Lipinski definition) is 6. The molecule has 7 nitrogen and oxygen atoms in total. The van der Waals surface area contributed by atoms with Crippen LogP contribution < -0.4 is 9.47 Å². The molecular weight excluding hydrogens is 368 g/mol. The summed E-state index contributed by atoms with van der Waals surface area (Å²) in [5, 5.41) is 0. The fourth-order valence-corrected chi connectivity index (χ4v) is 4.40. The normalized spacial score (nSPS) is 20.6. The number of hydrogen-bond donors (Lipinski definition) is 0. The molecule has 2 heterocycles. The molecular formula is C19H26N2O5S. The van der Waals surface area contributed by atoms with Crippen LogP contribution in [0.15, 0.2) is 23.1 Å². The zero-order valence-electron chi connectivity index (χ0n) is 16.0. The van der Waals surface area contributed by atoms with Crippen LogP contribution in [-0.2, 0) is 9.53 Å². The van der Waals surface area contributed by atoms with Crippen LogP contribution >= 0.6 is 11.8 Å². The van der Waals surface area contributed by atoms with Gasteiger partial charge in [-0.15, -0.1) is 11.8 Å². The van der Waals surface area contributed by atoms with E-state index in [9.17, 15) is 9.59 Å². The lowest BCUT2D eigenvalue weighted by Crippen LogP contribution is -2.49. The summed E-state index contributed by atoms with van der Waals surface area (Å²) in [6, 6.07) is 5.92. The van der Waals surface area contributed by atoms with Gasteiger partial charge in [-0.25, -0.2) is 4.79 Å². The maximum Gasteiger partial charge on any atom is 0.410 e. The van der Waals surface area contributed by atoms with Crippen LogP contribution in [0.1, 0.15) is 19.8 Å². The Morgan fingerprint density at radius 2 is 1.93 bits per heavy atom. The number of amides is 2. The number of thioether (sulfide) groups is 1. The van der Waals surface area contributed by atoms with Crippen LogP contribution in [0.4, 0.5) is 4.79 Å². The Morgan fingerprint density at radius 3 is 2.52 bits per heavy atom. The molecule has 2 saturated heterocycles. The van der Waals surface area contributed by atoms with Gasteiger partial charge >= 0.3 is 6.09 Å². The molecule has 0 N–H and O–H groups in total. The molecule has 3 rings (SSSR count). The predicted molar refractivity (Wildman–Crippen MR) is 103 cm³/mol. The molecule has 1 unspecified atom stereocenters. The minimum absolute atomic E-state index is 0.116. The Bertz CT molecular complexity index is 691. The maximum atomic E-state index is 12.5. The van der Waals surface area contributed by atoms with Crippen molar-refractivity contribution in [1.82, 2.24) is 9.80 Å². The van der Waals surface area contributed by atoms with Gasteiger partial charge in [-0.1, -0.05) is 0 Å². The number of carbonyl (C=O) groups is 2. The molecule has 0 spiro atoms. The number of nitrogens with zero attached hydrogens (tertiary/aromatic N) is 2. The zero-order chi connectivity index (χ0) is 19.4. The summed E-state index contributed by atoms with van der Waals surface area (Å²) in [4.78, 5) is 29.1. The fourth-order valence-electron chi connectivity index (χ4n) is 3.57. The van der Waals surface area contributed by atoms with E-state index in [4.69, 9.17) is 14.2 Å². The van der Waals surface area contributed by atoms with Crippen molar-refractivity contribution in [2.24, 2.45) is 0 Å². The van der Waals surface area contributed by atoms with Crippen LogP contribution in [0.3, 0.4) is 0 Å². The molecule has 0 radical (unpaired) electrons. The van der Waals surface area contributed by atoms with Crippen LogP contribution in [0.5, 0.6) is 11.5 Å². The molecule has 0 saturated carbocycles. The smallest absolute Gasteiger partial charge is 0.410 e. The van der Waals surface area contributed by atoms with E-state index < -0.39 is 0 Å². The van der Waals surface area contributed by atoms with Crippen molar-refractivity contribution < 1.29 is 23.8 Å². The largest absolute Gasteiger partial charge is 0.493 e. The van der Waals surface area contributed by atoms with E-state index >= 15 is 0 Å². The van der Waals surface area contributed by atoms with E-state index in [-0.39, 0.29) is 24.1 Å². The first kappa shape index (κ1) is 19.7. The molecule has 8 heteroatoms. The van der Waals surface area contributed by atoms with Crippen LogP contribution in [0, 0.1) is 0 Å². The first-order valence-electron chi connectivity index (χ1n) is 9.11. The lowest BCUT2D eigenvalue weighted by atomic mass is 10.0. The number of benzene rings is 1. The molecule has 1 atom stereocenters. The second kappa shape index (κ2) is 8.73. The first-order valence-corrected chi connectivity index (χ1v) is 10.1. The summed E-state index contributed by atoms with van der Waals surface area (Å²) < 4.78 is 15.6. The van der Waals surface area contributed by atoms with Crippen molar-refractivity contribution >= 4 is 23.8 Å². The van der Waals surface area contributed by atoms with Gasteiger partial charge in [-0.3, -0.25) is 9.69 Å².